The van der Waals surface area contributed by atoms with Crippen LogP contribution < -0.4 is 14.8 Å². The summed E-state index contributed by atoms with van der Waals surface area (Å²) in [7, 11) is 0. The van der Waals surface area contributed by atoms with Crippen LogP contribution in [-0.2, 0) is 13.0 Å². The minimum absolute atomic E-state index is 0.264. The topological polar surface area (TPSA) is 61.2 Å². The van der Waals surface area contributed by atoms with Gasteiger partial charge in [-0.3, -0.25) is 4.98 Å². The first-order valence-corrected chi connectivity index (χ1v) is 10.0. The van der Waals surface area contributed by atoms with Crippen LogP contribution in [0.25, 0.3) is 16.9 Å². The third-order valence-corrected chi connectivity index (χ3v) is 5.09. The van der Waals surface area contributed by atoms with E-state index >= 15 is 0 Å². The van der Waals surface area contributed by atoms with Gasteiger partial charge in [0, 0.05) is 36.3 Å². The van der Waals surface area contributed by atoms with Crippen LogP contribution in [0.1, 0.15) is 11.1 Å². The highest BCUT2D eigenvalue weighted by Gasteiger charge is 2.18. The molecule has 0 saturated carbocycles. The van der Waals surface area contributed by atoms with E-state index in [0.717, 1.165) is 53.5 Å². The maximum absolute atomic E-state index is 5.56. The monoisotopic (exact) mass is 398 g/mol. The Morgan fingerprint density at radius 3 is 2.73 bits per heavy atom. The van der Waals surface area contributed by atoms with Crippen molar-refractivity contribution >= 4 is 0 Å². The molecule has 6 nitrogen and oxygen atoms in total. The van der Waals surface area contributed by atoms with Crippen LogP contribution in [0.2, 0.25) is 0 Å². The average Bonchev–Trinajstić information content (AvgIpc) is 3.44. The Kier molecular flexibility index (Phi) is 5.14. The molecule has 2 aromatic carbocycles. The van der Waals surface area contributed by atoms with Crippen LogP contribution in [-0.4, -0.2) is 28.1 Å². The number of ether oxygens (including phenoxy) is 2. The Balaban J connectivity index is 1.39. The van der Waals surface area contributed by atoms with Crippen molar-refractivity contribution in [1.29, 1.82) is 0 Å². The van der Waals surface area contributed by atoms with Gasteiger partial charge in [0.25, 0.3) is 0 Å². The Morgan fingerprint density at radius 2 is 1.87 bits per heavy atom. The van der Waals surface area contributed by atoms with E-state index in [0.29, 0.717) is 0 Å². The van der Waals surface area contributed by atoms with Crippen LogP contribution in [0.3, 0.4) is 0 Å². The van der Waals surface area contributed by atoms with E-state index in [1.807, 2.05) is 53.3 Å². The Hall–Kier alpha value is -3.64. The summed E-state index contributed by atoms with van der Waals surface area (Å²) in [5.74, 6) is 1.54. The van der Waals surface area contributed by atoms with Crippen molar-refractivity contribution in [2.75, 3.05) is 13.3 Å². The number of pyridine rings is 1. The zero-order valence-electron chi connectivity index (χ0n) is 16.5. The quantitative estimate of drug-likeness (QED) is 0.477. The number of hydrogen-bond donors (Lipinski definition) is 1. The predicted octanol–water partition coefficient (Wildman–Crippen LogP) is 4.00. The largest absolute Gasteiger partial charge is 0.454 e. The van der Waals surface area contributed by atoms with Gasteiger partial charge in [0.2, 0.25) is 6.79 Å². The van der Waals surface area contributed by atoms with Gasteiger partial charge in [0.05, 0.1) is 11.4 Å². The van der Waals surface area contributed by atoms with E-state index in [-0.39, 0.29) is 6.79 Å². The number of benzene rings is 2. The average molecular weight is 398 g/mol. The molecule has 1 N–H and O–H groups in total. The maximum Gasteiger partial charge on any atom is 0.231 e. The Bertz CT molecular complexity index is 1130. The van der Waals surface area contributed by atoms with Gasteiger partial charge in [-0.1, -0.05) is 24.3 Å². The van der Waals surface area contributed by atoms with E-state index in [4.69, 9.17) is 14.6 Å². The molecule has 0 spiro atoms. The van der Waals surface area contributed by atoms with Crippen molar-refractivity contribution < 1.29 is 9.47 Å². The molecular weight excluding hydrogens is 376 g/mol. The predicted molar refractivity (Wildman–Crippen MR) is 115 cm³/mol. The number of nitrogens with one attached hydrogen (secondary N) is 1. The van der Waals surface area contributed by atoms with Crippen molar-refractivity contribution in [1.82, 2.24) is 20.1 Å². The summed E-state index contributed by atoms with van der Waals surface area (Å²) in [5, 5.41) is 8.42. The second kappa shape index (κ2) is 8.39. The summed E-state index contributed by atoms with van der Waals surface area (Å²) in [4.78, 5) is 4.18. The molecule has 0 amide bonds. The Labute approximate surface area is 175 Å². The molecule has 1 aliphatic heterocycles. The van der Waals surface area contributed by atoms with Gasteiger partial charge >= 0.3 is 0 Å². The summed E-state index contributed by atoms with van der Waals surface area (Å²) >= 11 is 0. The van der Waals surface area contributed by atoms with Gasteiger partial charge in [-0.2, -0.15) is 5.10 Å². The van der Waals surface area contributed by atoms with Crippen LogP contribution in [0.4, 0.5) is 0 Å². The third-order valence-electron chi connectivity index (χ3n) is 5.09. The second-order valence-electron chi connectivity index (χ2n) is 7.14. The first-order chi connectivity index (χ1) is 14.9. The maximum atomic E-state index is 5.56. The summed E-state index contributed by atoms with van der Waals surface area (Å²) in [6.45, 7) is 1.85. The molecule has 5 rings (SSSR count). The molecule has 0 saturated heterocycles. The van der Waals surface area contributed by atoms with Gasteiger partial charge in [-0.25, -0.2) is 4.68 Å². The summed E-state index contributed by atoms with van der Waals surface area (Å²) < 4.78 is 12.9. The highest BCUT2D eigenvalue weighted by atomic mass is 16.7. The van der Waals surface area contributed by atoms with E-state index < -0.39 is 0 Å². The van der Waals surface area contributed by atoms with Gasteiger partial charge < -0.3 is 14.8 Å². The zero-order valence-corrected chi connectivity index (χ0v) is 16.5. The van der Waals surface area contributed by atoms with E-state index in [2.05, 4.69) is 34.7 Å². The standard InChI is InChI=1S/C24H22N4O2/c1-2-6-21(7-3-1)28-16-20(15-26-12-10-18-5-4-11-25-14-18)24(27-28)19-8-9-22-23(13-19)30-17-29-22/h1-9,11,13-14,16,26H,10,12,15,17H2. The fraction of sp³-hybridized carbons (Fsp3) is 0.167. The number of para-hydroxylation sites is 1. The molecule has 6 heteroatoms. The SMILES string of the molecule is c1ccc(-n2cc(CNCCc3cccnc3)c(-c3ccc4c(c3)OCO4)n2)cc1. The lowest BCUT2D eigenvalue weighted by Crippen LogP contribution is -2.16. The summed E-state index contributed by atoms with van der Waals surface area (Å²) in [6.07, 6.45) is 6.73. The van der Waals surface area contributed by atoms with Crippen LogP contribution in [0, 0.1) is 0 Å². The van der Waals surface area contributed by atoms with E-state index in [1.165, 1.54) is 5.56 Å². The molecule has 0 bridgehead atoms. The van der Waals surface area contributed by atoms with Crippen LogP contribution >= 0.6 is 0 Å². The van der Waals surface area contributed by atoms with Crippen molar-refractivity contribution in [2.24, 2.45) is 0 Å². The molecule has 4 aromatic rings. The first-order valence-electron chi connectivity index (χ1n) is 10.0. The molecule has 2 aromatic heterocycles. The molecule has 30 heavy (non-hydrogen) atoms. The van der Waals surface area contributed by atoms with Crippen LogP contribution in [0.15, 0.2) is 79.3 Å². The lowest BCUT2D eigenvalue weighted by Gasteiger charge is -2.06. The summed E-state index contributed by atoms with van der Waals surface area (Å²) in [5.41, 5.74) is 5.33. The number of nitrogens with zero attached hydrogens (tertiary/aromatic N) is 3. The van der Waals surface area contributed by atoms with Gasteiger partial charge in [0.1, 0.15) is 0 Å². The molecule has 0 aliphatic carbocycles. The van der Waals surface area contributed by atoms with Gasteiger partial charge in [-0.15, -0.1) is 0 Å². The third kappa shape index (κ3) is 3.90. The molecule has 0 fully saturated rings. The van der Waals surface area contributed by atoms with Crippen LogP contribution in [0.5, 0.6) is 11.5 Å². The highest BCUT2D eigenvalue weighted by Crippen LogP contribution is 2.36. The number of hydrogen-bond acceptors (Lipinski definition) is 5. The van der Waals surface area contributed by atoms with Gasteiger partial charge in [-0.05, 0) is 54.9 Å². The lowest BCUT2D eigenvalue weighted by atomic mass is 10.1. The smallest absolute Gasteiger partial charge is 0.231 e. The van der Waals surface area contributed by atoms with Crippen molar-refractivity contribution in [2.45, 2.75) is 13.0 Å². The molecule has 0 radical (unpaired) electrons. The van der Waals surface area contributed by atoms with E-state index in [9.17, 15) is 0 Å². The molecule has 0 atom stereocenters. The van der Waals surface area contributed by atoms with Crippen molar-refractivity contribution in [3.05, 3.63) is 90.4 Å². The fourth-order valence-corrected chi connectivity index (χ4v) is 3.54. The number of rotatable bonds is 7. The number of fused-ring (bicyclic) bond motifs is 1. The first kappa shape index (κ1) is 18.4. The van der Waals surface area contributed by atoms with Gasteiger partial charge in [0.15, 0.2) is 11.5 Å². The minimum Gasteiger partial charge on any atom is -0.454 e. The second-order valence-corrected chi connectivity index (χ2v) is 7.14. The molecule has 3 heterocycles. The fourth-order valence-electron chi connectivity index (χ4n) is 3.54. The Morgan fingerprint density at radius 1 is 0.967 bits per heavy atom. The van der Waals surface area contributed by atoms with Crippen molar-refractivity contribution in [3.8, 4) is 28.4 Å². The molecule has 1 aliphatic rings. The zero-order chi connectivity index (χ0) is 20.2. The lowest BCUT2D eigenvalue weighted by molar-refractivity contribution is 0.174. The molecule has 0 unspecified atom stereocenters. The van der Waals surface area contributed by atoms with E-state index in [1.54, 1.807) is 6.20 Å². The normalized spacial score (nSPS) is 12.3. The molecule has 150 valence electrons. The molecular formula is C24H22N4O2. The summed E-state index contributed by atoms with van der Waals surface area (Å²) in [6, 6.07) is 20.2. The van der Waals surface area contributed by atoms with Crippen molar-refractivity contribution in [3.63, 3.8) is 0 Å². The minimum atomic E-state index is 0.264. The highest BCUT2D eigenvalue weighted by molar-refractivity contribution is 5.67. The number of aromatic nitrogens is 3.